The minimum absolute atomic E-state index is 0.0764. The van der Waals surface area contributed by atoms with Gasteiger partial charge in [0.05, 0.1) is 18.7 Å². The van der Waals surface area contributed by atoms with Crippen LogP contribution in [-0.2, 0) is 14.3 Å². The Balaban J connectivity index is 2.87. The molecule has 140 valence electrons. The van der Waals surface area contributed by atoms with E-state index in [-0.39, 0.29) is 30.4 Å². The van der Waals surface area contributed by atoms with E-state index in [1.54, 1.807) is 20.8 Å². The van der Waals surface area contributed by atoms with Gasteiger partial charge >= 0.3 is 0 Å². The van der Waals surface area contributed by atoms with Gasteiger partial charge < -0.3 is 20.3 Å². The number of nitrogens with zero attached hydrogens (tertiary/aromatic N) is 1. The standard InChI is InChI=1S/C18H34N2O4/c1-7-9-14-10-15(12(3)21)20(6)16(14)17(19)18(5,22)11-24-13(4)23-8-2/h7,9,13-17,22H,8,10-11,19H2,1-6H3/b9-7-/t13?,14-,15-,16-,17-,18+/m1/s1. The third-order valence-electron chi connectivity index (χ3n) is 4.90. The fourth-order valence-electron chi connectivity index (χ4n) is 3.52. The molecule has 0 aromatic rings. The van der Waals surface area contributed by atoms with Gasteiger partial charge in [0.2, 0.25) is 0 Å². The van der Waals surface area contributed by atoms with Gasteiger partial charge in [0.15, 0.2) is 6.29 Å². The number of allylic oxidation sites excluding steroid dienone is 1. The minimum atomic E-state index is -1.23. The average molecular weight is 342 g/mol. The number of ketones is 1. The topological polar surface area (TPSA) is 85.0 Å². The third-order valence-corrected chi connectivity index (χ3v) is 4.90. The predicted octanol–water partition coefficient (Wildman–Crippen LogP) is 1.32. The average Bonchev–Trinajstić information content (AvgIpc) is 2.82. The molecular formula is C18H34N2O4. The van der Waals surface area contributed by atoms with Gasteiger partial charge in [0.25, 0.3) is 0 Å². The van der Waals surface area contributed by atoms with Gasteiger partial charge in [-0.2, -0.15) is 0 Å². The summed E-state index contributed by atoms with van der Waals surface area (Å²) in [6.45, 7) is 9.54. The highest BCUT2D eigenvalue weighted by atomic mass is 16.7. The van der Waals surface area contributed by atoms with E-state index in [4.69, 9.17) is 15.2 Å². The van der Waals surface area contributed by atoms with Crippen LogP contribution in [0.1, 0.15) is 41.0 Å². The maximum atomic E-state index is 11.9. The van der Waals surface area contributed by atoms with Gasteiger partial charge in [0, 0.05) is 12.6 Å². The number of hydrogen-bond donors (Lipinski definition) is 2. The van der Waals surface area contributed by atoms with E-state index in [9.17, 15) is 9.90 Å². The highest BCUT2D eigenvalue weighted by molar-refractivity contribution is 5.82. The van der Waals surface area contributed by atoms with Crippen LogP contribution in [0.5, 0.6) is 0 Å². The summed E-state index contributed by atoms with van der Waals surface area (Å²) in [4.78, 5) is 13.9. The highest BCUT2D eigenvalue weighted by Crippen LogP contribution is 2.34. The fourth-order valence-corrected chi connectivity index (χ4v) is 3.52. The molecule has 1 rings (SSSR count). The molecule has 0 saturated carbocycles. The number of aliphatic hydroxyl groups is 1. The van der Waals surface area contributed by atoms with Crippen molar-refractivity contribution in [2.24, 2.45) is 11.7 Å². The monoisotopic (exact) mass is 342 g/mol. The summed E-state index contributed by atoms with van der Waals surface area (Å²) in [5.74, 6) is 0.252. The summed E-state index contributed by atoms with van der Waals surface area (Å²) >= 11 is 0. The van der Waals surface area contributed by atoms with Crippen LogP contribution in [0.15, 0.2) is 12.2 Å². The van der Waals surface area contributed by atoms with Crippen LogP contribution < -0.4 is 5.73 Å². The summed E-state index contributed by atoms with van der Waals surface area (Å²) in [7, 11) is 1.90. The molecule has 1 fully saturated rings. The number of carbonyl (C=O) groups excluding carboxylic acids is 1. The Hall–Kier alpha value is -0.790. The second-order valence-corrected chi connectivity index (χ2v) is 6.92. The van der Waals surface area contributed by atoms with E-state index in [2.05, 4.69) is 6.08 Å². The van der Waals surface area contributed by atoms with E-state index in [0.29, 0.717) is 6.61 Å². The lowest BCUT2D eigenvalue weighted by Gasteiger charge is -2.39. The number of hydrogen-bond acceptors (Lipinski definition) is 6. The Bertz CT molecular complexity index is 439. The number of carbonyl (C=O) groups is 1. The maximum absolute atomic E-state index is 11.9. The lowest BCUT2D eigenvalue weighted by atomic mass is 9.84. The number of rotatable bonds is 9. The van der Waals surface area contributed by atoms with Crippen molar-refractivity contribution in [1.29, 1.82) is 0 Å². The van der Waals surface area contributed by atoms with Crippen LogP contribution in [0.3, 0.4) is 0 Å². The molecule has 24 heavy (non-hydrogen) atoms. The molecular weight excluding hydrogens is 308 g/mol. The molecule has 3 N–H and O–H groups in total. The lowest BCUT2D eigenvalue weighted by Crippen LogP contribution is -2.60. The largest absolute Gasteiger partial charge is 0.386 e. The van der Waals surface area contributed by atoms with Crippen molar-refractivity contribution in [2.75, 3.05) is 20.3 Å². The van der Waals surface area contributed by atoms with Crippen LogP contribution in [-0.4, -0.2) is 66.1 Å². The number of likely N-dealkylation sites (tertiary alicyclic amines) is 1. The highest BCUT2D eigenvalue weighted by Gasteiger charge is 2.47. The van der Waals surface area contributed by atoms with Crippen LogP contribution in [0.4, 0.5) is 0 Å². The molecule has 0 aliphatic carbocycles. The summed E-state index contributed by atoms with van der Waals surface area (Å²) < 4.78 is 10.9. The number of nitrogens with two attached hydrogens (primary N) is 1. The van der Waals surface area contributed by atoms with Gasteiger partial charge in [-0.15, -0.1) is 0 Å². The van der Waals surface area contributed by atoms with Crippen molar-refractivity contribution in [3.63, 3.8) is 0 Å². The van der Waals surface area contributed by atoms with Crippen LogP contribution in [0, 0.1) is 5.92 Å². The first kappa shape index (κ1) is 21.3. The summed E-state index contributed by atoms with van der Waals surface area (Å²) in [5, 5.41) is 10.8. The Morgan fingerprint density at radius 1 is 1.50 bits per heavy atom. The van der Waals surface area contributed by atoms with Gasteiger partial charge in [-0.1, -0.05) is 12.2 Å². The van der Waals surface area contributed by atoms with E-state index < -0.39 is 17.9 Å². The zero-order chi connectivity index (χ0) is 18.5. The first-order chi connectivity index (χ1) is 11.2. The normalized spacial score (nSPS) is 30.4. The number of likely N-dealkylation sites (N-methyl/N-ethyl adjacent to an activating group) is 1. The number of Topliss-reactive ketones (excluding diaryl/α,β-unsaturated/α-hetero) is 1. The minimum Gasteiger partial charge on any atom is -0.386 e. The maximum Gasteiger partial charge on any atom is 0.154 e. The summed E-state index contributed by atoms with van der Waals surface area (Å²) in [6.07, 6.45) is 4.37. The summed E-state index contributed by atoms with van der Waals surface area (Å²) in [6, 6.07) is -0.848. The van der Waals surface area contributed by atoms with Gasteiger partial charge in [-0.25, -0.2) is 0 Å². The summed E-state index contributed by atoms with van der Waals surface area (Å²) in [5.41, 5.74) is 5.21. The Labute approximate surface area is 146 Å². The van der Waals surface area contributed by atoms with Crippen molar-refractivity contribution in [2.45, 2.75) is 71.1 Å². The third kappa shape index (κ3) is 5.10. The molecule has 1 aliphatic heterocycles. The van der Waals surface area contributed by atoms with Crippen LogP contribution in [0.2, 0.25) is 0 Å². The Morgan fingerprint density at radius 2 is 2.12 bits per heavy atom. The van der Waals surface area contributed by atoms with Crippen LogP contribution >= 0.6 is 0 Å². The smallest absolute Gasteiger partial charge is 0.154 e. The fraction of sp³-hybridized carbons (Fsp3) is 0.833. The molecule has 0 aromatic carbocycles. The van der Waals surface area contributed by atoms with Crippen molar-refractivity contribution in [3.8, 4) is 0 Å². The molecule has 6 nitrogen and oxygen atoms in total. The first-order valence-corrected chi connectivity index (χ1v) is 8.72. The lowest BCUT2D eigenvalue weighted by molar-refractivity contribution is -0.169. The first-order valence-electron chi connectivity index (χ1n) is 8.72. The predicted molar refractivity (Wildman–Crippen MR) is 94.6 cm³/mol. The molecule has 6 heteroatoms. The van der Waals surface area contributed by atoms with E-state index >= 15 is 0 Å². The van der Waals surface area contributed by atoms with Crippen molar-refractivity contribution >= 4 is 5.78 Å². The van der Waals surface area contributed by atoms with Gasteiger partial charge in [-0.3, -0.25) is 9.69 Å². The molecule has 1 aliphatic rings. The molecule has 0 aromatic heterocycles. The Morgan fingerprint density at radius 3 is 2.62 bits per heavy atom. The second-order valence-electron chi connectivity index (χ2n) is 6.92. The molecule has 0 bridgehead atoms. The zero-order valence-electron chi connectivity index (χ0n) is 15.9. The molecule has 1 heterocycles. The van der Waals surface area contributed by atoms with Crippen molar-refractivity contribution < 1.29 is 19.4 Å². The molecule has 6 atom stereocenters. The zero-order valence-corrected chi connectivity index (χ0v) is 15.9. The van der Waals surface area contributed by atoms with Gasteiger partial charge in [-0.05, 0) is 54.0 Å². The van der Waals surface area contributed by atoms with Crippen LogP contribution in [0.25, 0.3) is 0 Å². The quantitative estimate of drug-likeness (QED) is 0.485. The Kier molecular flexibility index (Phi) is 8.02. The van der Waals surface area contributed by atoms with Crippen molar-refractivity contribution in [1.82, 2.24) is 4.90 Å². The van der Waals surface area contributed by atoms with Crippen molar-refractivity contribution in [3.05, 3.63) is 12.2 Å². The van der Waals surface area contributed by atoms with E-state index in [0.717, 1.165) is 6.42 Å². The molecule has 1 saturated heterocycles. The molecule has 0 radical (unpaired) electrons. The van der Waals surface area contributed by atoms with E-state index in [1.807, 2.05) is 31.9 Å². The molecule has 0 amide bonds. The molecule has 0 spiro atoms. The number of ether oxygens (including phenoxy) is 2. The van der Waals surface area contributed by atoms with E-state index in [1.165, 1.54) is 0 Å². The van der Waals surface area contributed by atoms with Gasteiger partial charge in [0.1, 0.15) is 11.4 Å². The molecule has 1 unspecified atom stereocenters. The second kappa shape index (κ2) is 9.06. The SMILES string of the molecule is C/C=C\[C@@H]1C[C@H](C(C)=O)N(C)[C@H]1[C@@H](N)[C@@](C)(O)COC(C)OCC.